The molecule has 0 aliphatic heterocycles. The molecule has 5 rings (SSSR count). The molecule has 136 valence electrons. The van der Waals surface area contributed by atoms with E-state index in [2.05, 4.69) is 10.6 Å². The van der Waals surface area contributed by atoms with Crippen molar-refractivity contribution in [3.63, 3.8) is 0 Å². The van der Waals surface area contributed by atoms with Crippen LogP contribution in [0.15, 0.2) is 24.3 Å². The Bertz CT molecular complexity index is 610. The highest BCUT2D eigenvalue weighted by molar-refractivity contribution is 5.95. The van der Waals surface area contributed by atoms with Crippen molar-refractivity contribution in [1.29, 1.82) is 0 Å². The van der Waals surface area contributed by atoms with Crippen LogP contribution >= 0.6 is 0 Å². The van der Waals surface area contributed by atoms with Gasteiger partial charge in [0.2, 0.25) is 0 Å². The van der Waals surface area contributed by atoms with Gasteiger partial charge in [0.15, 0.2) is 0 Å². The molecule has 4 bridgehead atoms. The topological polar surface area (TPSA) is 81.6 Å². The van der Waals surface area contributed by atoms with Gasteiger partial charge < -0.3 is 20.8 Å². The lowest BCUT2D eigenvalue weighted by Gasteiger charge is -2.56. The average molecular weight is 344 g/mol. The lowest BCUT2D eigenvalue weighted by atomic mass is 9.53. The van der Waals surface area contributed by atoms with Crippen LogP contribution in [0.4, 0.5) is 5.69 Å². The fourth-order valence-electron chi connectivity index (χ4n) is 5.65. The predicted molar refractivity (Wildman–Crippen MR) is 96.4 cm³/mol. The molecule has 4 saturated carbocycles. The number of carbonyl (C=O) groups excluding carboxylic acids is 1. The molecule has 0 aromatic heterocycles. The van der Waals surface area contributed by atoms with Crippen molar-refractivity contribution in [2.24, 2.45) is 17.8 Å². The lowest BCUT2D eigenvalue weighted by molar-refractivity contribution is -0.0167. The van der Waals surface area contributed by atoms with E-state index < -0.39 is 6.10 Å². The van der Waals surface area contributed by atoms with E-state index in [0.717, 1.165) is 42.7 Å². The van der Waals surface area contributed by atoms with E-state index in [4.69, 9.17) is 5.11 Å². The maximum atomic E-state index is 12.8. The van der Waals surface area contributed by atoms with E-state index in [9.17, 15) is 9.90 Å². The van der Waals surface area contributed by atoms with E-state index in [-0.39, 0.29) is 24.6 Å². The van der Waals surface area contributed by atoms with Gasteiger partial charge in [-0.3, -0.25) is 4.79 Å². The van der Waals surface area contributed by atoms with Crippen LogP contribution in [0.5, 0.6) is 0 Å². The normalized spacial score (nSPS) is 33.9. The van der Waals surface area contributed by atoms with Crippen LogP contribution < -0.4 is 10.6 Å². The third-order valence-corrected chi connectivity index (χ3v) is 6.29. The highest BCUT2D eigenvalue weighted by atomic mass is 16.3. The first-order valence-corrected chi connectivity index (χ1v) is 9.50. The molecule has 1 aromatic carbocycles. The molecule has 0 spiro atoms. The molecule has 0 saturated heterocycles. The van der Waals surface area contributed by atoms with Gasteiger partial charge in [0.25, 0.3) is 5.91 Å². The summed E-state index contributed by atoms with van der Waals surface area (Å²) in [6.45, 7) is -0.0181. The molecular formula is C20H28N2O3. The highest BCUT2D eigenvalue weighted by Gasteiger charge is 2.51. The minimum absolute atomic E-state index is 0.00769. The molecule has 5 nitrogen and oxygen atoms in total. The van der Waals surface area contributed by atoms with Crippen molar-refractivity contribution in [2.75, 3.05) is 18.5 Å². The first-order chi connectivity index (χ1) is 12.0. The summed E-state index contributed by atoms with van der Waals surface area (Å²) in [4.78, 5) is 12.8. The summed E-state index contributed by atoms with van der Waals surface area (Å²) in [6.07, 6.45) is 6.72. The first kappa shape index (κ1) is 16.9. The number of aliphatic hydroxyl groups excluding tert-OH is 2. The number of anilines is 1. The second kappa shape index (κ2) is 6.61. The molecule has 1 amide bonds. The second-order valence-corrected chi connectivity index (χ2v) is 8.45. The summed E-state index contributed by atoms with van der Waals surface area (Å²) in [5.74, 6) is 2.42. The third-order valence-electron chi connectivity index (χ3n) is 6.29. The molecule has 4 fully saturated rings. The quantitative estimate of drug-likeness (QED) is 0.637. The SMILES string of the molecule is O=C(NC12CC3CC(CC(C3)C1)C2)c1cccc(NCC(O)CO)c1. The Balaban J connectivity index is 1.43. The smallest absolute Gasteiger partial charge is 0.251 e. The minimum Gasteiger partial charge on any atom is -0.394 e. The van der Waals surface area contributed by atoms with E-state index in [0.29, 0.717) is 5.56 Å². The fraction of sp³-hybridized carbons (Fsp3) is 0.650. The minimum atomic E-state index is -0.801. The molecule has 1 atom stereocenters. The van der Waals surface area contributed by atoms with Gasteiger partial charge in [-0.2, -0.15) is 0 Å². The van der Waals surface area contributed by atoms with E-state index in [1.165, 1.54) is 19.3 Å². The van der Waals surface area contributed by atoms with Crippen LogP contribution in [0.25, 0.3) is 0 Å². The Labute approximate surface area is 148 Å². The Kier molecular flexibility index (Phi) is 4.46. The zero-order chi connectivity index (χ0) is 17.4. The van der Waals surface area contributed by atoms with Gasteiger partial charge in [-0.25, -0.2) is 0 Å². The van der Waals surface area contributed by atoms with Crippen LogP contribution in [-0.4, -0.2) is 40.9 Å². The predicted octanol–water partition coefficient (Wildman–Crippen LogP) is 2.15. The number of benzene rings is 1. The second-order valence-electron chi connectivity index (χ2n) is 8.45. The van der Waals surface area contributed by atoms with Crippen molar-refractivity contribution in [3.8, 4) is 0 Å². The number of carbonyl (C=O) groups is 1. The van der Waals surface area contributed by atoms with Crippen LogP contribution in [0.2, 0.25) is 0 Å². The van der Waals surface area contributed by atoms with Gasteiger partial charge in [-0.15, -0.1) is 0 Å². The van der Waals surface area contributed by atoms with Crippen molar-refractivity contribution in [2.45, 2.75) is 50.2 Å². The van der Waals surface area contributed by atoms with E-state index in [1.54, 1.807) is 0 Å². The molecular weight excluding hydrogens is 316 g/mol. The molecule has 4 N–H and O–H groups in total. The summed E-state index contributed by atoms with van der Waals surface area (Å²) in [5.41, 5.74) is 1.45. The molecule has 5 heteroatoms. The maximum absolute atomic E-state index is 12.8. The summed E-state index contributed by atoms with van der Waals surface area (Å²) < 4.78 is 0. The fourth-order valence-corrected chi connectivity index (χ4v) is 5.65. The van der Waals surface area contributed by atoms with E-state index >= 15 is 0 Å². The number of nitrogens with one attached hydrogen (secondary N) is 2. The Hall–Kier alpha value is -1.59. The molecule has 0 radical (unpaired) electrons. The lowest BCUT2D eigenvalue weighted by Crippen LogP contribution is -2.59. The molecule has 0 heterocycles. The molecule has 4 aliphatic rings. The standard InChI is InChI=1S/C20H28N2O3/c23-12-18(24)11-21-17-3-1-2-16(7-17)19(25)22-20-8-13-4-14(9-20)6-15(5-13)10-20/h1-3,7,13-15,18,21,23-24H,4-6,8-12H2,(H,22,25). The van der Waals surface area contributed by atoms with Crippen LogP contribution in [0, 0.1) is 17.8 Å². The van der Waals surface area contributed by atoms with Crippen molar-refractivity contribution in [1.82, 2.24) is 5.32 Å². The van der Waals surface area contributed by atoms with Crippen LogP contribution in [0.1, 0.15) is 48.9 Å². The van der Waals surface area contributed by atoms with Crippen LogP contribution in [0.3, 0.4) is 0 Å². The molecule has 1 aromatic rings. The molecule has 25 heavy (non-hydrogen) atoms. The highest BCUT2D eigenvalue weighted by Crippen LogP contribution is 2.55. The largest absolute Gasteiger partial charge is 0.394 e. The van der Waals surface area contributed by atoms with Gasteiger partial charge >= 0.3 is 0 Å². The summed E-state index contributed by atoms with van der Waals surface area (Å²) in [5, 5.41) is 24.8. The number of rotatable bonds is 6. The Morgan fingerprint density at radius 3 is 2.40 bits per heavy atom. The first-order valence-electron chi connectivity index (χ1n) is 9.50. The number of hydrogen-bond acceptors (Lipinski definition) is 4. The summed E-state index contributed by atoms with van der Waals surface area (Å²) >= 11 is 0. The third kappa shape index (κ3) is 3.53. The van der Waals surface area contributed by atoms with Gasteiger partial charge in [-0.05, 0) is 74.5 Å². The van der Waals surface area contributed by atoms with Gasteiger partial charge in [-0.1, -0.05) is 6.07 Å². The van der Waals surface area contributed by atoms with Gasteiger partial charge in [0, 0.05) is 23.3 Å². The molecule has 1 unspecified atom stereocenters. The monoisotopic (exact) mass is 344 g/mol. The summed E-state index contributed by atoms with van der Waals surface area (Å²) in [7, 11) is 0. The van der Waals surface area contributed by atoms with Crippen molar-refractivity contribution >= 4 is 11.6 Å². The van der Waals surface area contributed by atoms with Crippen LogP contribution in [-0.2, 0) is 0 Å². The summed E-state index contributed by atoms with van der Waals surface area (Å²) in [6, 6.07) is 7.37. The number of aliphatic hydroxyl groups is 2. The van der Waals surface area contributed by atoms with Crippen molar-refractivity contribution in [3.05, 3.63) is 29.8 Å². The number of amides is 1. The zero-order valence-corrected chi connectivity index (χ0v) is 14.6. The van der Waals surface area contributed by atoms with Gasteiger partial charge in [0.05, 0.1) is 12.7 Å². The van der Waals surface area contributed by atoms with Crippen molar-refractivity contribution < 1.29 is 15.0 Å². The van der Waals surface area contributed by atoms with E-state index in [1.807, 2.05) is 24.3 Å². The maximum Gasteiger partial charge on any atom is 0.251 e. The number of hydrogen-bond donors (Lipinski definition) is 4. The zero-order valence-electron chi connectivity index (χ0n) is 14.6. The van der Waals surface area contributed by atoms with Gasteiger partial charge in [0.1, 0.15) is 0 Å². The average Bonchev–Trinajstić information content (AvgIpc) is 2.58. The Morgan fingerprint density at radius 1 is 1.16 bits per heavy atom. The molecule has 4 aliphatic carbocycles. The Morgan fingerprint density at radius 2 is 1.80 bits per heavy atom.